The Labute approximate surface area is 104 Å². The molecule has 0 saturated heterocycles. The predicted molar refractivity (Wildman–Crippen MR) is 66.5 cm³/mol. The first-order valence-electron chi connectivity index (χ1n) is 5.41. The Hall–Kier alpha value is -2.27. The second-order valence-electron chi connectivity index (χ2n) is 3.67. The molecule has 1 heterocycles. The first kappa shape index (κ1) is 12.2. The van der Waals surface area contributed by atoms with Crippen molar-refractivity contribution in [2.24, 2.45) is 5.73 Å². The Morgan fingerprint density at radius 3 is 2.83 bits per heavy atom. The SMILES string of the molecule is NCc1ccccc1NC(=O)c1ccncc1F. The van der Waals surface area contributed by atoms with E-state index >= 15 is 0 Å². The fraction of sp³-hybridized carbons (Fsp3) is 0.0769. The highest BCUT2D eigenvalue weighted by Gasteiger charge is 2.12. The van der Waals surface area contributed by atoms with Gasteiger partial charge in [-0.2, -0.15) is 0 Å². The van der Waals surface area contributed by atoms with Crippen LogP contribution in [0.3, 0.4) is 0 Å². The van der Waals surface area contributed by atoms with Gasteiger partial charge in [0.1, 0.15) is 0 Å². The number of amides is 1. The van der Waals surface area contributed by atoms with Crippen LogP contribution in [0.25, 0.3) is 0 Å². The number of rotatable bonds is 3. The summed E-state index contributed by atoms with van der Waals surface area (Å²) < 4.78 is 13.4. The molecular formula is C13H12FN3O. The molecular weight excluding hydrogens is 233 g/mol. The summed E-state index contributed by atoms with van der Waals surface area (Å²) in [5.74, 6) is -1.17. The molecule has 92 valence electrons. The second-order valence-corrected chi connectivity index (χ2v) is 3.67. The topological polar surface area (TPSA) is 68.0 Å². The number of halogens is 1. The number of nitrogens with zero attached hydrogens (tertiary/aromatic N) is 1. The van der Waals surface area contributed by atoms with E-state index in [2.05, 4.69) is 10.3 Å². The van der Waals surface area contributed by atoms with Gasteiger partial charge in [0.25, 0.3) is 5.91 Å². The van der Waals surface area contributed by atoms with Crippen LogP contribution in [0.15, 0.2) is 42.7 Å². The first-order valence-corrected chi connectivity index (χ1v) is 5.41. The summed E-state index contributed by atoms with van der Waals surface area (Å²) in [6, 6.07) is 8.45. The van der Waals surface area contributed by atoms with Gasteiger partial charge in [-0.3, -0.25) is 9.78 Å². The van der Waals surface area contributed by atoms with E-state index in [1.165, 1.54) is 12.3 Å². The number of nitrogens with one attached hydrogen (secondary N) is 1. The number of carbonyl (C=O) groups excluding carboxylic acids is 1. The standard InChI is InChI=1S/C13H12FN3O/c14-11-8-16-6-5-10(11)13(18)17-12-4-2-1-3-9(12)7-15/h1-6,8H,7,15H2,(H,17,18). The van der Waals surface area contributed by atoms with Crippen LogP contribution < -0.4 is 11.1 Å². The summed E-state index contributed by atoms with van der Waals surface area (Å²) in [6.45, 7) is 0.301. The molecule has 0 fully saturated rings. The summed E-state index contributed by atoms with van der Waals surface area (Å²) >= 11 is 0. The van der Waals surface area contributed by atoms with Crippen molar-refractivity contribution >= 4 is 11.6 Å². The number of nitrogens with two attached hydrogens (primary N) is 1. The van der Waals surface area contributed by atoms with Crippen molar-refractivity contribution in [2.75, 3.05) is 5.32 Å². The number of anilines is 1. The molecule has 0 spiro atoms. The van der Waals surface area contributed by atoms with Crippen LogP contribution in [0.1, 0.15) is 15.9 Å². The molecule has 5 heteroatoms. The van der Waals surface area contributed by atoms with Gasteiger partial charge in [-0.25, -0.2) is 4.39 Å². The van der Waals surface area contributed by atoms with Gasteiger partial charge in [-0.1, -0.05) is 18.2 Å². The molecule has 2 aromatic rings. The summed E-state index contributed by atoms with van der Waals surface area (Å²) in [5.41, 5.74) is 6.89. The first-order chi connectivity index (χ1) is 8.72. The van der Waals surface area contributed by atoms with E-state index in [1.807, 2.05) is 6.07 Å². The maximum atomic E-state index is 13.4. The summed E-state index contributed by atoms with van der Waals surface area (Å²) in [6.07, 6.45) is 2.37. The Morgan fingerprint density at radius 2 is 2.11 bits per heavy atom. The lowest BCUT2D eigenvalue weighted by molar-refractivity contribution is 0.102. The predicted octanol–water partition coefficient (Wildman–Crippen LogP) is 1.93. The smallest absolute Gasteiger partial charge is 0.258 e. The number of hydrogen-bond donors (Lipinski definition) is 2. The maximum Gasteiger partial charge on any atom is 0.258 e. The monoisotopic (exact) mass is 245 g/mol. The Morgan fingerprint density at radius 1 is 1.33 bits per heavy atom. The Balaban J connectivity index is 2.24. The van der Waals surface area contributed by atoms with E-state index in [1.54, 1.807) is 18.2 Å². The molecule has 0 bridgehead atoms. The van der Waals surface area contributed by atoms with Crippen LogP contribution in [-0.4, -0.2) is 10.9 Å². The average Bonchev–Trinajstić information content (AvgIpc) is 2.39. The molecule has 0 atom stereocenters. The van der Waals surface area contributed by atoms with Gasteiger partial charge >= 0.3 is 0 Å². The van der Waals surface area contributed by atoms with Gasteiger partial charge in [-0.15, -0.1) is 0 Å². The van der Waals surface area contributed by atoms with E-state index in [4.69, 9.17) is 5.73 Å². The van der Waals surface area contributed by atoms with Crippen LogP contribution in [0.2, 0.25) is 0 Å². The average molecular weight is 245 g/mol. The van der Waals surface area contributed by atoms with Crippen LogP contribution in [0, 0.1) is 5.82 Å². The van der Waals surface area contributed by atoms with E-state index in [9.17, 15) is 9.18 Å². The Kier molecular flexibility index (Phi) is 3.64. The fourth-order valence-corrected chi connectivity index (χ4v) is 1.57. The molecule has 18 heavy (non-hydrogen) atoms. The molecule has 1 aromatic heterocycles. The van der Waals surface area contributed by atoms with Crippen molar-refractivity contribution in [3.8, 4) is 0 Å². The van der Waals surface area contributed by atoms with Crippen molar-refractivity contribution in [1.82, 2.24) is 4.98 Å². The third-order valence-corrected chi connectivity index (χ3v) is 2.50. The normalized spacial score (nSPS) is 10.1. The molecule has 3 N–H and O–H groups in total. The van der Waals surface area contributed by atoms with Gasteiger partial charge < -0.3 is 11.1 Å². The minimum absolute atomic E-state index is 0.0446. The van der Waals surface area contributed by atoms with E-state index in [0.717, 1.165) is 11.8 Å². The van der Waals surface area contributed by atoms with E-state index < -0.39 is 11.7 Å². The highest BCUT2D eigenvalue weighted by molar-refractivity contribution is 6.04. The van der Waals surface area contributed by atoms with Crippen LogP contribution in [-0.2, 0) is 6.54 Å². The fourth-order valence-electron chi connectivity index (χ4n) is 1.57. The van der Waals surface area contributed by atoms with Gasteiger partial charge in [0.05, 0.1) is 11.8 Å². The minimum atomic E-state index is -0.653. The van der Waals surface area contributed by atoms with E-state index in [0.29, 0.717) is 12.2 Å². The zero-order valence-corrected chi connectivity index (χ0v) is 9.56. The number of para-hydroxylation sites is 1. The van der Waals surface area contributed by atoms with Crippen molar-refractivity contribution in [3.63, 3.8) is 0 Å². The largest absolute Gasteiger partial charge is 0.326 e. The minimum Gasteiger partial charge on any atom is -0.326 e. The lowest BCUT2D eigenvalue weighted by Gasteiger charge is -2.09. The molecule has 0 radical (unpaired) electrons. The zero-order chi connectivity index (χ0) is 13.0. The molecule has 4 nitrogen and oxygen atoms in total. The molecule has 0 saturated carbocycles. The van der Waals surface area contributed by atoms with Crippen LogP contribution >= 0.6 is 0 Å². The number of hydrogen-bond acceptors (Lipinski definition) is 3. The van der Waals surface area contributed by atoms with Gasteiger partial charge in [0, 0.05) is 18.4 Å². The summed E-state index contributed by atoms with van der Waals surface area (Å²) in [5, 5.41) is 2.63. The molecule has 1 aromatic carbocycles. The lowest BCUT2D eigenvalue weighted by atomic mass is 10.1. The molecule has 0 aliphatic carbocycles. The van der Waals surface area contributed by atoms with Gasteiger partial charge in [0.15, 0.2) is 5.82 Å². The van der Waals surface area contributed by atoms with Crippen molar-refractivity contribution < 1.29 is 9.18 Å². The maximum absolute atomic E-state index is 13.4. The number of aromatic nitrogens is 1. The molecule has 1 amide bonds. The van der Waals surface area contributed by atoms with E-state index in [-0.39, 0.29) is 5.56 Å². The van der Waals surface area contributed by atoms with Crippen molar-refractivity contribution in [1.29, 1.82) is 0 Å². The number of carbonyl (C=O) groups is 1. The number of pyridine rings is 1. The second kappa shape index (κ2) is 5.37. The summed E-state index contributed by atoms with van der Waals surface area (Å²) in [7, 11) is 0. The molecule has 2 rings (SSSR count). The molecule has 0 aliphatic heterocycles. The van der Waals surface area contributed by atoms with Gasteiger partial charge in [0.2, 0.25) is 0 Å². The zero-order valence-electron chi connectivity index (χ0n) is 9.56. The molecule has 0 aliphatic rings. The van der Waals surface area contributed by atoms with Gasteiger partial charge in [-0.05, 0) is 17.7 Å². The van der Waals surface area contributed by atoms with Crippen LogP contribution in [0.4, 0.5) is 10.1 Å². The quantitative estimate of drug-likeness (QED) is 0.868. The highest BCUT2D eigenvalue weighted by Crippen LogP contribution is 2.16. The third-order valence-electron chi connectivity index (χ3n) is 2.50. The van der Waals surface area contributed by atoms with Crippen molar-refractivity contribution in [3.05, 3.63) is 59.7 Å². The Bertz CT molecular complexity index is 572. The summed E-state index contributed by atoms with van der Waals surface area (Å²) in [4.78, 5) is 15.5. The lowest BCUT2D eigenvalue weighted by Crippen LogP contribution is -2.15. The molecule has 0 unspecified atom stereocenters. The third kappa shape index (κ3) is 2.52. The van der Waals surface area contributed by atoms with Crippen LogP contribution in [0.5, 0.6) is 0 Å². The number of benzene rings is 1. The highest BCUT2D eigenvalue weighted by atomic mass is 19.1. The van der Waals surface area contributed by atoms with Crippen molar-refractivity contribution in [2.45, 2.75) is 6.54 Å².